The molecule has 0 bridgehead atoms. The van der Waals surface area contributed by atoms with Crippen LogP contribution in [0.5, 0.6) is 0 Å². The van der Waals surface area contributed by atoms with Gasteiger partial charge in [0, 0.05) is 29.9 Å². The molecule has 1 amide bonds. The minimum Gasteiger partial charge on any atom is -0.389 e. The lowest BCUT2D eigenvalue weighted by atomic mass is 10.0. The van der Waals surface area contributed by atoms with Crippen LogP contribution in [0.2, 0.25) is 0 Å². The maximum atomic E-state index is 12.0. The minimum atomic E-state index is -0.597. The molecular weight excluding hydrogens is 228 g/mol. The van der Waals surface area contributed by atoms with E-state index in [1.165, 1.54) is 0 Å². The third-order valence-corrected chi connectivity index (χ3v) is 3.21. The molecule has 1 aliphatic rings. The Morgan fingerprint density at radius 3 is 2.61 bits per heavy atom. The fraction of sp³-hybridized carbons (Fsp3) is 0.357. The highest BCUT2D eigenvalue weighted by Gasteiger charge is 2.17. The summed E-state index contributed by atoms with van der Waals surface area (Å²) < 4.78 is 0. The van der Waals surface area contributed by atoms with Crippen molar-refractivity contribution in [3.05, 3.63) is 41.0 Å². The lowest BCUT2D eigenvalue weighted by Crippen LogP contribution is -2.36. The number of carbonyl (C=O) groups excluding carboxylic acids is 1. The summed E-state index contributed by atoms with van der Waals surface area (Å²) >= 11 is 0. The van der Waals surface area contributed by atoms with E-state index in [9.17, 15) is 9.90 Å². The number of carbonyl (C=O) groups is 1. The Hall–Kier alpha value is -1.65. The maximum absolute atomic E-state index is 12.0. The number of nitrogens with one attached hydrogen (secondary N) is 2. The molecule has 0 aromatic heterocycles. The Labute approximate surface area is 107 Å². The zero-order chi connectivity index (χ0) is 13.1. The van der Waals surface area contributed by atoms with Gasteiger partial charge in [0.15, 0.2) is 0 Å². The van der Waals surface area contributed by atoms with Crippen molar-refractivity contribution in [2.24, 2.45) is 0 Å². The van der Waals surface area contributed by atoms with Crippen LogP contribution in [-0.4, -0.2) is 24.1 Å². The molecule has 1 aromatic carbocycles. The van der Waals surface area contributed by atoms with Crippen molar-refractivity contribution in [1.29, 1.82) is 0 Å². The van der Waals surface area contributed by atoms with Gasteiger partial charge in [-0.3, -0.25) is 4.79 Å². The fourth-order valence-corrected chi connectivity index (χ4v) is 1.87. The first-order chi connectivity index (χ1) is 8.59. The van der Waals surface area contributed by atoms with Crippen molar-refractivity contribution in [2.45, 2.75) is 20.0 Å². The average molecular weight is 246 g/mol. The van der Waals surface area contributed by atoms with Gasteiger partial charge in [0.1, 0.15) is 0 Å². The van der Waals surface area contributed by atoms with Crippen LogP contribution in [-0.2, 0) is 4.79 Å². The first-order valence-electron chi connectivity index (χ1n) is 6.07. The van der Waals surface area contributed by atoms with E-state index in [1.54, 1.807) is 13.0 Å². The standard InChI is InChI=1S/C14H18N2O2/c1-9(11-7-15-8-11)14(18)16-13-6-4-3-5-12(13)10(2)17/h3-6,10,15,17H,7-8H2,1-2H3,(H,16,18). The molecule has 2 rings (SSSR count). The summed E-state index contributed by atoms with van der Waals surface area (Å²) in [5, 5.41) is 15.6. The third-order valence-electron chi connectivity index (χ3n) is 3.21. The zero-order valence-electron chi connectivity index (χ0n) is 10.7. The van der Waals surface area contributed by atoms with Crippen molar-refractivity contribution in [2.75, 3.05) is 18.4 Å². The van der Waals surface area contributed by atoms with E-state index in [2.05, 4.69) is 10.6 Å². The molecule has 1 aliphatic heterocycles. The number of rotatable bonds is 3. The molecule has 3 N–H and O–H groups in total. The average Bonchev–Trinajstić information content (AvgIpc) is 2.27. The second-order valence-electron chi connectivity index (χ2n) is 4.55. The summed E-state index contributed by atoms with van der Waals surface area (Å²) in [7, 11) is 0. The Kier molecular flexibility index (Phi) is 3.79. The number of para-hydroxylation sites is 1. The molecule has 1 unspecified atom stereocenters. The molecule has 1 atom stereocenters. The maximum Gasteiger partial charge on any atom is 0.251 e. The van der Waals surface area contributed by atoms with Crippen molar-refractivity contribution in [3.63, 3.8) is 0 Å². The number of aliphatic hydroxyl groups is 1. The van der Waals surface area contributed by atoms with Crippen molar-refractivity contribution in [3.8, 4) is 0 Å². The van der Waals surface area contributed by atoms with E-state index in [4.69, 9.17) is 0 Å². The van der Waals surface area contributed by atoms with Gasteiger partial charge in [0.2, 0.25) is 0 Å². The van der Waals surface area contributed by atoms with Crippen molar-refractivity contribution < 1.29 is 9.90 Å². The molecule has 4 heteroatoms. The monoisotopic (exact) mass is 246 g/mol. The molecule has 4 nitrogen and oxygen atoms in total. The van der Waals surface area contributed by atoms with Gasteiger partial charge in [-0.1, -0.05) is 18.2 Å². The number of benzene rings is 1. The normalized spacial score (nSPS) is 15.8. The van der Waals surface area contributed by atoms with Crippen LogP contribution in [0, 0.1) is 0 Å². The van der Waals surface area contributed by atoms with Gasteiger partial charge in [-0.05, 0) is 25.5 Å². The summed E-state index contributed by atoms with van der Waals surface area (Å²) in [4.78, 5) is 12.0. The van der Waals surface area contributed by atoms with Crippen LogP contribution < -0.4 is 10.6 Å². The predicted molar refractivity (Wildman–Crippen MR) is 71.3 cm³/mol. The molecule has 1 fully saturated rings. The smallest absolute Gasteiger partial charge is 0.251 e. The van der Waals surface area contributed by atoms with E-state index in [-0.39, 0.29) is 5.91 Å². The van der Waals surface area contributed by atoms with Crippen LogP contribution >= 0.6 is 0 Å². The molecule has 0 spiro atoms. The molecule has 0 radical (unpaired) electrons. The molecule has 0 aliphatic carbocycles. The summed E-state index contributed by atoms with van der Waals surface area (Å²) in [5.41, 5.74) is 3.30. The van der Waals surface area contributed by atoms with Crippen LogP contribution in [0.4, 0.5) is 5.69 Å². The number of hydrogen-bond acceptors (Lipinski definition) is 3. The second kappa shape index (κ2) is 5.33. The SMILES string of the molecule is CC(C(=O)Nc1ccccc1C(C)O)=C1CNC1. The van der Waals surface area contributed by atoms with Crippen molar-refractivity contribution >= 4 is 11.6 Å². The van der Waals surface area contributed by atoms with Gasteiger partial charge in [0.05, 0.1) is 6.10 Å². The summed E-state index contributed by atoms with van der Waals surface area (Å²) in [6, 6.07) is 7.30. The third kappa shape index (κ3) is 2.60. The van der Waals surface area contributed by atoms with E-state index in [0.29, 0.717) is 5.69 Å². The topological polar surface area (TPSA) is 61.4 Å². The minimum absolute atomic E-state index is 0.0976. The van der Waals surface area contributed by atoms with Crippen LogP contribution in [0.3, 0.4) is 0 Å². The van der Waals surface area contributed by atoms with Gasteiger partial charge in [-0.2, -0.15) is 0 Å². The van der Waals surface area contributed by atoms with Crippen molar-refractivity contribution in [1.82, 2.24) is 5.32 Å². The molecule has 18 heavy (non-hydrogen) atoms. The van der Waals surface area contributed by atoms with Crippen LogP contribution in [0.1, 0.15) is 25.5 Å². The number of hydrogen-bond donors (Lipinski definition) is 3. The van der Waals surface area contributed by atoms with Gasteiger partial charge in [0.25, 0.3) is 5.91 Å². The van der Waals surface area contributed by atoms with Gasteiger partial charge < -0.3 is 15.7 Å². The zero-order valence-corrected chi connectivity index (χ0v) is 10.7. The first-order valence-corrected chi connectivity index (χ1v) is 6.07. The highest BCUT2D eigenvalue weighted by atomic mass is 16.3. The molecule has 1 saturated heterocycles. The van der Waals surface area contributed by atoms with Gasteiger partial charge in [-0.25, -0.2) is 0 Å². The van der Waals surface area contributed by atoms with E-state index < -0.39 is 6.10 Å². The van der Waals surface area contributed by atoms with E-state index >= 15 is 0 Å². The summed E-state index contributed by atoms with van der Waals surface area (Å²) in [6.07, 6.45) is -0.597. The predicted octanol–water partition coefficient (Wildman–Crippen LogP) is 1.60. The molecule has 1 heterocycles. The van der Waals surface area contributed by atoms with Gasteiger partial charge in [-0.15, -0.1) is 0 Å². The first kappa shape index (κ1) is 12.8. The molecular formula is C14H18N2O2. The van der Waals surface area contributed by atoms with Gasteiger partial charge >= 0.3 is 0 Å². The fourth-order valence-electron chi connectivity index (χ4n) is 1.87. The summed E-state index contributed by atoms with van der Waals surface area (Å²) in [6.45, 7) is 5.09. The largest absolute Gasteiger partial charge is 0.389 e. The Morgan fingerprint density at radius 2 is 2.06 bits per heavy atom. The summed E-state index contributed by atoms with van der Waals surface area (Å²) in [5.74, 6) is -0.0976. The van der Waals surface area contributed by atoms with Crippen LogP contribution in [0.15, 0.2) is 35.4 Å². The van der Waals surface area contributed by atoms with Crippen LogP contribution in [0.25, 0.3) is 0 Å². The molecule has 0 saturated carbocycles. The lowest BCUT2D eigenvalue weighted by molar-refractivity contribution is -0.112. The highest BCUT2D eigenvalue weighted by molar-refractivity contribution is 6.04. The lowest BCUT2D eigenvalue weighted by Gasteiger charge is -2.22. The Balaban J connectivity index is 2.17. The van der Waals surface area contributed by atoms with E-state index in [0.717, 1.165) is 29.8 Å². The number of amides is 1. The molecule has 96 valence electrons. The second-order valence-corrected chi connectivity index (χ2v) is 4.55. The number of aliphatic hydroxyl groups excluding tert-OH is 1. The quantitative estimate of drug-likeness (QED) is 0.710. The molecule has 1 aromatic rings. The highest BCUT2D eigenvalue weighted by Crippen LogP contribution is 2.23. The Bertz CT molecular complexity index is 486. The number of anilines is 1. The van der Waals surface area contributed by atoms with E-state index in [1.807, 2.05) is 25.1 Å². The Morgan fingerprint density at radius 1 is 1.39 bits per heavy atom.